The number of halogens is 2. The van der Waals surface area contributed by atoms with Crippen LogP contribution in [0.5, 0.6) is 5.75 Å². The summed E-state index contributed by atoms with van der Waals surface area (Å²) in [4.78, 5) is 45.8. The Labute approximate surface area is 186 Å². The van der Waals surface area contributed by atoms with Gasteiger partial charge in [-0.2, -0.15) is 0 Å². The van der Waals surface area contributed by atoms with E-state index < -0.39 is 40.9 Å². The summed E-state index contributed by atoms with van der Waals surface area (Å²) in [6.07, 6.45) is 3.88. The Hall–Kier alpha value is -3.56. The largest absolute Gasteiger partial charge is 0.507 e. The summed E-state index contributed by atoms with van der Waals surface area (Å²) in [6.45, 7) is 1.48. The quantitative estimate of drug-likeness (QED) is 0.527. The number of aromatic nitrogens is 3. The first kappa shape index (κ1) is 21.3. The van der Waals surface area contributed by atoms with Crippen molar-refractivity contribution >= 4 is 16.8 Å². The van der Waals surface area contributed by atoms with E-state index >= 15 is 0 Å². The van der Waals surface area contributed by atoms with E-state index in [4.69, 9.17) is 0 Å². The van der Waals surface area contributed by atoms with Gasteiger partial charge in [-0.25, -0.2) is 18.1 Å². The number of hydrogen-bond acceptors (Lipinski definition) is 5. The van der Waals surface area contributed by atoms with Crippen LogP contribution in [-0.2, 0) is 4.79 Å². The number of carbonyl (C=O) groups is 1. The van der Waals surface area contributed by atoms with Crippen molar-refractivity contribution in [3.8, 4) is 5.75 Å². The number of phenols is 1. The highest BCUT2D eigenvalue weighted by molar-refractivity contribution is 5.85. The number of benzene rings is 1. The highest BCUT2D eigenvalue weighted by Crippen LogP contribution is 2.67. The number of hydrogen-bond donors (Lipinski definition) is 3. The summed E-state index contributed by atoms with van der Waals surface area (Å²) in [5.41, 5.74) is -1.67. The molecule has 33 heavy (non-hydrogen) atoms. The van der Waals surface area contributed by atoms with Gasteiger partial charge in [0.25, 0.3) is 5.56 Å². The van der Waals surface area contributed by atoms with Crippen LogP contribution in [0.4, 0.5) is 8.78 Å². The molecular formula is C23H22F2N4O4. The number of H-pyrrole nitrogens is 1. The van der Waals surface area contributed by atoms with E-state index in [1.54, 1.807) is 0 Å². The molecule has 3 aliphatic carbocycles. The maximum atomic E-state index is 14.2. The fraction of sp³-hybridized carbons (Fsp3) is 0.391. The number of rotatable bonds is 6. The Morgan fingerprint density at radius 3 is 2.70 bits per heavy atom. The van der Waals surface area contributed by atoms with E-state index in [1.165, 1.54) is 25.1 Å². The van der Waals surface area contributed by atoms with Crippen molar-refractivity contribution in [3.63, 3.8) is 0 Å². The molecule has 3 fully saturated rings. The molecule has 0 aliphatic heterocycles. The van der Waals surface area contributed by atoms with Crippen LogP contribution in [0.25, 0.3) is 10.9 Å². The van der Waals surface area contributed by atoms with Crippen LogP contribution in [0.15, 0.2) is 40.1 Å². The molecule has 3 aliphatic rings. The number of nitrogens with one attached hydrogen (secondary N) is 2. The van der Waals surface area contributed by atoms with Crippen LogP contribution in [0.3, 0.4) is 0 Å². The fourth-order valence-corrected chi connectivity index (χ4v) is 5.28. The molecule has 3 N–H and O–H groups in total. The normalized spacial score (nSPS) is 22.8. The van der Waals surface area contributed by atoms with Crippen molar-refractivity contribution in [2.45, 2.75) is 44.7 Å². The molecule has 2 aromatic heterocycles. The van der Waals surface area contributed by atoms with Gasteiger partial charge in [0.2, 0.25) is 5.91 Å². The van der Waals surface area contributed by atoms with Gasteiger partial charge in [0, 0.05) is 6.07 Å². The van der Waals surface area contributed by atoms with E-state index in [1.807, 2.05) is 0 Å². The van der Waals surface area contributed by atoms with Gasteiger partial charge in [0.15, 0.2) is 0 Å². The first-order chi connectivity index (χ1) is 15.7. The molecule has 2 bridgehead atoms. The molecule has 1 amide bonds. The van der Waals surface area contributed by atoms with Gasteiger partial charge in [-0.1, -0.05) is 6.07 Å². The Bertz CT molecular complexity index is 1380. The van der Waals surface area contributed by atoms with Gasteiger partial charge < -0.3 is 15.4 Å². The van der Waals surface area contributed by atoms with Crippen LogP contribution in [0.2, 0.25) is 0 Å². The van der Waals surface area contributed by atoms with E-state index in [-0.39, 0.29) is 34.2 Å². The Kier molecular flexibility index (Phi) is 4.84. The molecule has 3 aromatic rings. The minimum absolute atomic E-state index is 0.0909. The van der Waals surface area contributed by atoms with Crippen molar-refractivity contribution in [1.29, 1.82) is 0 Å². The van der Waals surface area contributed by atoms with Crippen molar-refractivity contribution in [3.05, 3.63) is 68.6 Å². The lowest BCUT2D eigenvalue weighted by Crippen LogP contribution is -2.55. The van der Waals surface area contributed by atoms with Crippen LogP contribution in [0, 0.1) is 23.0 Å². The second kappa shape index (κ2) is 7.50. The van der Waals surface area contributed by atoms with Gasteiger partial charge in [0.05, 0.1) is 23.4 Å². The molecule has 0 spiro atoms. The van der Waals surface area contributed by atoms with Gasteiger partial charge in [0.1, 0.15) is 28.8 Å². The smallest absolute Gasteiger partial charge is 0.329 e. The number of amides is 1. The number of fused-ring (bicyclic) bond motifs is 1. The van der Waals surface area contributed by atoms with Crippen LogP contribution >= 0.6 is 0 Å². The summed E-state index contributed by atoms with van der Waals surface area (Å²) in [5.74, 6) is -2.10. The maximum Gasteiger partial charge on any atom is 0.329 e. The molecule has 2 atom stereocenters. The fourth-order valence-electron chi connectivity index (χ4n) is 5.28. The summed E-state index contributed by atoms with van der Waals surface area (Å²) in [5, 5.41) is 12.7. The summed E-state index contributed by atoms with van der Waals surface area (Å²) < 4.78 is 28.2. The average molecular weight is 456 g/mol. The summed E-state index contributed by atoms with van der Waals surface area (Å²) in [6, 6.07) is 2.88. The van der Waals surface area contributed by atoms with E-state index in [2.05, 4.69) is 15.3 Å². The first-order valence-corrected chi connectivity index (χ1v) is 10.8. The molecule has 6 rings (SSSR count). The zero-order valence-corrected chi connectivity index (χ0v) is 17.8. The number of aromatic amines is 1. The standard InChI is InChI=1S/C23H22F2N4O4/c1-11(19-14(25)5-13(24)10-26-19)27-20(31)16(9-23-6-12(7-23)8-23)29-21(32)18-15(28-22(29)33)3-2-4-17(18)30/h2-5,10-12,16,30H,6-9H2,1H3,(H,27,31)(H,28,33)/t11-,12?,16+,23?/m0/s1. The number of nitrogens with zero attached hydrogens (tertiary/aromatic N) is 2. The highest BCUT2D eigenvalue weighted by atomic mass is 19.1. The molecule has 0 saturated heterocycles. The maximum absolute atomic E-state index is 14.2. The molecule has 8 nitrogen and oxygen atoms in total. The highest BCUT2D eigenvalue weighted by Gasteiger charge is 2.57. The van der Waals surface area contributed by atoms with E-state index in [9.17, 15) is 28.3 Å². The van der Waals surface area contributed by atoms with Gasteiger partial charge in [-0.05, 0) is 56.1 Å². The van der Waals surface area contributed by atoms with Crippen molar-refractivity contribution in [1.82, 2.24) is 19.9 Å². The molecule has 3 saturated carbocycles. The van der Waals surface area contributed by atoms with Crippen molar-refractivity contribution in [2.75, 3.05) is 0 Å². The topological polar surface area (TPSA) is 117 Å². The van der Waals surface area contributed by atoms with Gasteiger partial charge in [-0.3, -0.25) is 14.6 Å². The van der Waals surface area contributed by atoms with Gasteiger partial charge in [-0.15, -0.1) is 0 Å². The zero-order chi connectivity index (χ0) is 23.5. The zero-order valence-electron chi connectivity index (χ0n) is 17.8. The predicted molar refractivity (Wildman–Crippen MR) is 115 cm³/mol. The minimum atomic E-state index is -1.17. The SMILES string of the molecule is C[C@H](NC(=O)[C@@H](CC12CC(C1)C2)n1c(=O)[nH]c2cccc(O)c2c1=O)c1ncc(F)cc1F. The lowest BCUT2D eigenvalue weighted by atomic mass is 9.43. The molecule has 1 aromatic carbocycles. The lowest BCUT2D eigenvalue weighted by molar-refractivity contribution is -0.140. The van der Waals surface area contributed by atoms with Crippen LogP contribution in [-0.4, -0.2) is 25.5 Å². The second-order valence-electron chi connectivity index (χ2n) is 9.25. The molecule has 0 unspecified atom stereocenters. The summed E-state index contributed by atoms with van der Waals surface area (Å²) >= 11 is 0. The number of pyridine rings is 1. The molecule has 2 heterocycles. The third-order valence-electron chi connectivity index (χ3n) is 6.95. The second-order valence-corrected chi connectivity index (χ2v) is 9.25. The molecule has 172 valence electrons. The lowest BCUT2D eigenvalue weighted by Gasteiger charge is -2.63. The van der Waals surface area contributed by atoms with Crippen molar-refractivity contribution in [2.24, 2.45) is 11.3 Å². The summed E-state index contributed by atoms with van der Waals surface area (Å²) in [7, 11) is 0. The number of aromatic hydroxyl groups is 1. The van der Waals surface area contributed by atoms with Gasteiger partial charge >= 0.3 is 5.69 Å². The van der Waals surface area contributed by atoms with E-state index in [0.29, 0.717) is 12.0 Å². The van der Waals surface area contributed by atoms with E-state index in [0.717, 1.165) is 30.0 Å². The molecular weight excluding hydrogens is 434 g/mol. The third kappa shape index (κ3) is 3.49. The minimum Gasteiger partial charge on any atom is -0.507 e. The molecule has 10 heteroatoms. The number of carbonyl (C=O) groups excluding carboxylic acids is 1. The Morgan fingerprint density at radius 2 is 2.06 bits per heavy atom. The molecule has 0 radical (unpaired) electrons. The monoisotopic (exact) mass is 456 g/mol. The number of phenolic OH excluding ortho intramolecular Hbond substituents is 1. The first-order valence-electron chi connectivity index (χ1n) is 10.8. The van der Waals surface area contributed by atoms with Crippen LogP contribution in [0.1, 0.15) is 50.4 Å². The Balaban J connectivity index is 1.54. The van der Waals surface area contributed by atoms with Crippen LogP contribution < -0.4 is 16.6 Å². The predicted octanol–water partition coefficient (Wildman–Crippen LogP) is 2.68. The Morgan fingerprint density at radius 1 is 1.33 bits per heavy atom. The third-order valence-corrected chi connectivity index (χ3v) is 6.95. The van der Waals surface area contributed by atoms with Crippen molar-refractivity contribution < 1.29 is 18.7 Å². The average Bonchev–Trinajstić information content (AvgIpc) is 2.67.